The second kappa shape index (κ2) is 7.01. The van der Waals surface area contributed by atoms with Gasteiger partial charge in [0, 0.05) is 6.54 Å². The zero-order valence-corrected chi connectivity index (χ0v) is 12.5. The number of fused-ring (bicyclic) bond motifs is 1. The van der Waals surface area contributed by atoms with Gasteiger partial charge in [0.05, 0.1) is 5.39 Å². The average Bonchev–Trinajstić information content (AvgIpc) is 2.90. The maximum Gasteiger partial charge on any atom is 0.138 e. The van der Waals surface area contributed by atoms with E-state index in [0.29, 0.717) is 0 Å². The Morgan fingerprint density at radius 2 is 2.25 bits per heavy atom. The molecule has 2 heterocycles. The van der Waals surface area contributed by atoms with Gasteiger partial charge in [-0.25, -0.2) is 9.97 Å². The number of thiophene rings is 1. The highest BCUT2D eigenvalue weighted by atomic mass is 32.1. The molecule has 0 aliphatic rings. The molecule has 0 aliphatic heterocycles. The summed E-state index contributed by atoms with van der Waals surface area (Å²) in [6.07, 6.45) is 7.69. The minimum Gasteiger partial charge on any atom is -0.369 e. The van der Waals surface area contributed by atoms with Crippen molar-refractivity contribution in [2.45, 2.75) is 19.8 Å². The summed E-state index contributed by atoms with van der Waals surface area (Å²) in [5.41, 5.74) is 1.21. The Hall–Kier alpha value is -1.94. The summed E-state index contributed by atoms with van der Waals surface area (Å²) in [7, 11) is 0. The van der Waals surface area contributed by atoms with E-state index in [1.807, 2.05) is 24.5 Å². The van der Waals surface area contributed by atoms with Gasteiger partial charge in [0.25, 0.3) is 0 Å². The molecule has 2 aromatic heterocycles. The third kappa shape index (κ3) is 3.54. The molecular weight excluding hydrogens is 266 g/mol. The van der Waals surface area contributed by atoms with E-state index in [1.54, 1.807) is 17.4 Å². The van der Waals surface area contributed by atoms with Crippen LogP contribution in [-0.2, 0) is 0 Å². The number of aromatic nitrogens is 2. The Labute approximate surface area is 123 Å². The molecule has 0 unspecified atom stereocenters. The topological polar surface area (TPSA) is 37.8 Å². The SMILES string of the molecule is C=C/C=C(\C=C)CCCNc1nc(C)nc2sccc12. The van der Waals surface area contributed by atoms with Gasteiger partial charge in [-0.3, -0.25) is 0 Å². The van der Waals surface area contributed by atoms with Crippen molar-refractivity contribution < 1.29 is 0 Å². The van der Waals surface area contributed by atoms with Crippen LogP contribution in [0.3, 0.4) is 0 Å². The van der Waals surface area contributed by atoms with Gasteiger partial charge in [0.1, 0.15) is 16.5 Å². The molecule has 0 saturated carbocycles. The molecule has 0 fully saturated rings. The molecule has 1 N–H and O–H groups in total. The number of rotatable bonds is 7. The minimum atomic E-state index is 0.806. The molecular formula is C16H19N3S. The molecule has 0 atom stereocenters. The number of hydrogen-bond donors (Lipinski definition) is 1. The Kier molecular flexibility index (Phi) is 5.07. The predicted molar refractivity (Wildman–Crippen MR) is 88.4 cm³/mol. The number of hydrogen-bond acceptors (Lipinski definition) is 4. The van der Waals surface area contributed by atoms with E-state index in [1.165, 1.54) is 5.57 Å². The molecule has 0 spiro atoms. The van der Waals surface area contributed by atoms with E-state index >= 15 is 0 Å². The zero-order chi connectivity index (χ0) is 14.4. The van der Waals surface area contributed by atoms with Gasteiger partial charge in [0.15, 0.2) is 0 Å². The molecule has 0 amide bonds. The van der Waals surface area contributed by atoms with Crippen LogP contribution in [0.5, 0.6) is 0 Å². The molecule has 2 rings (SSSR count). The first kappa shape index (κ1) is 14.5. The summed E-state index contributed by atoms with van der Waals surface area (Å²) < 4.78 is 0. The lowest BCUT2D eigenvalue weighted by Crippen LogP contribution is -2.05. The second-order valence-electron chi connectivity index (χ2n) is 4.47. The maximum atomic E-state index is 4.48. The molecule has 104 valence electrons. The fraction of sp³-hybridized carbons (Fsp3) is 0.250. The van der Waals surface area contributed by atoms with Crippen molar-refractivity contribution in [2.75, 3.05) is 11.9 Å². The highest BCUT2D eigenvalue weighted by Gasteiger charge is 2.06. The Morgan fingerprint density at radius 3 is 3.00 bits per heavy atom. The van der Waals surface area contributed by atoms with E-state index in [2.05, 4.69) is 34.5 Å². The lowest BCUT2D eigenvalue weighted by atomic mass is 10.1. The van der Waals surface area contributed by atoms with E-state index < -0.39 is 0 Å². The lowest BCUT2D eigenvalue weighted by Gasteiger charge is -2.07. The van der Waals surface area contributed by atoms with Gasteiger partial charge in [-0.15, -0.1) is 11.3 Å². The molecule has 3 nitrogen and oxygen atoms in total. The highest BCUT2D eigenvalue weighted by molar-refractivity contribution is 7.16. The van der Waals surface area contributed by atoms with Crippen molar-refractivity contribution in [1.82, 2.24) is 9.97 Å². The molecule has 0 saturated heterocycles. The van der Waals surface area contributed by atoms with Crippen LogP contribution in [-0.4, -0.2) is 16.5 Å². The smallest absolute Gasteiger partial charge is 0.138 e. The van der Waals surface area contributed by atoms with Gasteiger partial charge in [0.2, 0.25) is 0 Å². The lowest BCUT2D eigenvalue weighted by molar-refractivity contribution is 0.862. The molecule has 0 bridgehead atoms. The normalized spacial score (nSPS) is 11.6. The van der Waals surface area contributed by atoms with Crippen LogP contribution in [0.1, 0.15) is 18.7 Å². The van der Waals surface area contributed by atoms with Crippen LogP contribution < -0.4 is 5.32 Å². The van der Waals surface area contributed by atoms with Crippen molar-refractivity contribution in [3.63, 3.8) is 0 Å². The van der Waals surface area contributed by atoms with Crippen molar-refractivity contribution in [3.05, 3.63) is 54.2 Å². The van der Waals surface area contributed by atoms with Crippen LogP contribution in [0.25, 0.3) is 10.2 Å². The summed E-state index contributed by atoms with van der Waals surface area (Å²) in [6, 6.07) is 2.06. The Bertz CT molecular complexity index is 640. The van der Waals surface area contributed by atoms with Gasteiger partial charge in [-0.2, -0.15) is 0 Å². The second-order valence-corrected chi connectivity index (χ2v) is 5.37. The van der Waals surface area contributed by atoms with Crippen LogP contribution >= 0.6 is 11.3 Å². The van der Waals surface area contributed by atoms with Crippen LogP contribution in [0.15, 0.2) is 48.4 Å². The molecule has 4 heteroatoms. The molecule has 2 aromatic rings. The van der Waals surface area contributed by atoms with Gasteiger partial charge < -0.3 is 5.32 Å². The third-order valence-electron chi connectivity index (χ3n) is 2.97. The molecule has 0 radical (unpaired) electrons. The fourth-order valence-corrected chi connectivity index (χ4v) is 2.81. The number of anilines is 1. The molecule has 0 aliphatic carbocycles. The summed E-state index contributed by atoms with van der Waals surface area (Å²) in [5, 5.41) is 6.56. The van der Waals surface area contributed by atoms with E-state index in [9.17, 15) is 0 Å². The summed E-state index contributed by atoms with van der Waals surface area (Å²) in [5.74, 6) is 1.74. The first-order valence-corrected chi connectivity index (χ1v) is 7.52. The number of aryl methyl sites for hydroxylation is 1. The van der Waals surface area contributed by atoms with Crippen molar-refractivity contribution >= 4 is 27.4 Å². The van der Waals surface area contributed by atoms with Crippen LogP contribution in [0, 0.1) is 6.92 Å². The first-order chi connectivity index (χ1) is 9.74. The summed E-state index contributed by atoms with van der Waals surface area (Å²) in [6.45, 7) is 10.3. The van der Waals surface area contributed by atoms with Crippen molar-refractivity contribution in [3.8, 4) is 0 Å². The van der Waals surface area contributed by atoms with Gasteiger partial charge >= 0.3 is 0 Å². The van der Waals surface area contributed by atoms with Crippen LogP contribution in [0.4, 0.5) is 5.82 Å². The van der Waals surface area contributed by atoms with Gasteiger partial charge in [-0.05, 0) is 36.8 Å². The largest absolute Gasteiger partial charge is 0.369 e. The monoisotopic (exact) mass is 285 g/mol. The molecule has 20 heavy (non-hydrogen) atoms. The van der Waals surface area contributed by atoms with Crippen molar-refractivity contribution in [2.24, 2.45) is 0 Å². The maximum absolute atomic E-state index is 4.48. The van der Waals surface area contributed by atoms with Crippen LogP contribution in [0.2, 0.25) is 0 Å². The molecule has 0 aromatic carbocycles. The standard InChI is InChI=1S/C16H19N3S/c1-4-7-13(5-2)8-6-10-17-15-14-9-11-20-16(14)19-12(3)18-15/h4-5,7,9,11H,1-2,6,8,10H2,3H3,(H,17,18,19)/b13-7+. The van der Waals surface area contributed by atoms with E-state index in [4.69, 9.17) is 0 Å². The number of nitrogens with zero attached hydrogens (tertiary/aromatic N) is 2. The van der Waals surface area contributed by atoms with Gasteiger partial charge in [-0.1, -0.05) is 31.4 Å². The minimum absolute atomic E-state index is 0.806. The fourth-order valence-electron chi connectivity index (χ4n) is 2.00. The first-order valence-electron chi connectivity index (χ1n) is 6.64. The number of allylic oxidation sites excluding steroid dienone is 4. The highest BCUT2D eigenvalue weighted by Crippen LogP contribution is 2.24. The Morgan fingerprint density at radius 1 is 1.40 bits per heavy atom. The van der Waals surface area contributed by atoms with E-state index in [0.717, 1.165) is 41.2 Å². The number of nitrogens with one attached hydrogen (secondary N) is 1. The predicted octanol–water partition coefficient (Wildman–Crippen LogP) is 4.49. The summed E-state index contributed by atoms with van der Waals surface area (Å²) >= 11 is 1.65. The Balaban J connectivity index is 1.96. The average molecular weight is 285 g/mol. The zero-order valence-electron chi connectivity index (χ0n) is 11.7. The third-order valence-corrected chi connectivity index (χ3v) is 3.77. The quantitative estimate of drug-likeness (QED) is 0.601. The van der Waals surface area contributed by atoms with E-state index in [-0.39, 0.29) is 0 Å². The summed E-state index contributed by atoms with van der Waals surface area (Å²) in [4.78, 5) is 9.94. The van der Waals surface area contributed by atoms with Crippen molar-refractivity contribution in [1.29, 1.82) is 0 Å².